The fourth-order valence-electron chi connectivity index (χ4n) is 4.29. The van der Waals surface area contributed by atoms with E-state index in [1.165, 1.54) is 16.7 Å². The molecule has 0 aliphatic carbocycles. The lowest BCUT2D eigenvalue weighted by molar-refractivity contribution is -0.116. The smallest absolute Gasteiger partial charge is 0.257 e. The third-order valence-corrected chi connectivity index (χ3v) is 5.52. The molecule has 134 valence electrons. The topological polar surface area (TPSA) is 61.8 Å². The molecule has 1 unspecified atom stereocenters. The summed E-state index contributed by atoms with van der Waals surface area (Å²) in [5.41, 5.74) is 8.65. The maximum Gasteiger partial charge on any atom is 0.257 e. The van der Waals surface area contributed by atoms with E-state index < -0.39 is 6.04 Å². The summed E-state index contributed by atoms with van der Waals surface area (Å²) < 4.78 is 0. The number of rotatable bonds is 3. The van der Waals surface area contributed by atoms with Crippen molar-refractivity contribution in [2.24, 2.45) is 5.18 Å². The molecule has 1 atom stereocenters. The van der Waals surface area contributed by atoms with Gasteiger partial charge in [0.05, 0.1) is 5.69 Å². The Balaban J connectivity index is 1.97. The van der Waals surface area contributed by atoms with Crippen LogP contribution in [0.5, 0.6) is 0 Å². The van der Waals surface area contributed by atoms with Crippen LogP contribution in [0.25, 0.3) is 11.1 Å². The van der Waals surface area contributed by atoms with E-state index in [1.54, 1.807) is 0 Å². The number of fused-ring (bicyclic) bond motifs is 3. The first-order valence-electron chi connectivity index (χ1n) is 9.14. The molecule has 4 rings (SSSR count). The van der Waals surface area contributed by atoms with Gasteiger partial charge >= 0.3 is 0 Å². The highest BCUT2D eigenvalue weighted by Crippen LogP contribution is 2.44. The average Bonchev–Trinajstić information content (AvgIpc) is 2.95. The minimum absolute atomic E-state index is 0.316. The quantitative estimate of drug-likeness (QED) is 0.848. The van der Waals surface area contributed by atoms with Gasteiger partial charge in [0.25, 0.3) is 5.91 Å². The predicted octanol–water partition coefficient (Wildman–Crippen LogP) is 4.11. The number of nitrogens with one attached hydrogen (secondary N) is 1. The molecule has 2 aliphatic rings. The number of carbonyl (C=O) groups excluding carboxylic acids is 1. The number of likely N-dealkylation sites (N-methyl/N-ethyl adjacent to an activating group) is 1. The number of nitrogens with zero attached hydrogens (tertiary/aromatic N) is 2. The van der Waals surface area contributed by atoms with Crippen LogP contribution < -0.4 is 5.32 Å². The van der Waals surface area contributed by atoms with E-state index in [0.717, 1.165) is 54.0 Å². The van der Waals surface area contributed by atoms with Gasteiger partial charge in [-0.25, -0.2) is 0 Å². The Morgan fingerprint density at radius 1 is 1.15 bits per heavy atom. The zero-order chi connectivity index (χ0) is 18.4. The molecular weight excluding hydrogens is 326 g/mol. The maximum absolute atomic E-state index is 12.2. The van der Waals surface area contributed by atoms with Crippen LogP contribution in [0.15, 0.2) is 29.4 Å². The van der Waals surface area contributed by atoms with Crippen LogP contribution in [0.3, 0.4) is 0 Å². The summed E-state index contributed by atoms with van der Waals surface area (Å²) in [5, 5.41) is 6.01. The van der Waals surface area contributed by atoms with Gasteiger partial charge in [0.2, 0.25) is 0 Å². The number of anilines is 1. The van der Waals surface area contributed by atoms with Crippen molar-refractivity contribution in [1.82, 2.24) is 4.90 Å². The van der Waals surface area contributed by atoms with Gasteiger partial charge in [-0.3, -0.25) is 9.69 Å². The fraction of sp³-hybridized carbons (Fsp3) is 0.381. The minimum Gasteiger partial charge on any atom is -0.323 e. The summed E-state index contributed by atoms with van der Waals surface area (Å²) in [6, 6.07) is 7.57. The van der Waals surface area contributed by atoms with E-state index >= 15 is 0 Å². The van der Waals surface area contributed by atoms with Gasteiger partial charge < -0.3 is 5.32 Å². The van der Waals surface area contributed by atoms with E-state index in [-0.39, 0.29) is 5.91 Å². The third kappa shape index (κ3) is 2.63. The fourth-order valence-corrected chi connectivity index (χ4v) is 4.29. The van der Waals surface area contributed by atoms with E-state index in [4.69, 9.17) is 0 Å². The number of hydrogen-bond acceptors (Lipinski definition) is 4. The van der Waals surface area contributed by atoms with Gasteiger partial charge in [-0.2, -0.15) is 0 Å². The van der Waals surface area contributed by atoms with E-state index in [2.05, 4.69) is 54.4 Å². The van der Waals surface area contributed by atoms with Crippen LogP contribution in [-0.4, -0.2) is 23.9 Å². The molecule has 2 aromatic carbocycles. The van der Waals surface area contributed by atoms with Gasteiger partial charge in [0.15, 0.2) is 6.04 Å². The number of amides is 1. The summed E-state index contributed by atoms with van der Waals surface area (Å²) in [7, 11) is 0. The molecule has 1 amide bonds. The van der Waals surface area contributed by atoms with Crippen molar-refractivity contribution in [2.75, 3.05) is 18.4 Å². The predicted molar refractivity (Wildman–Crippen MR) is 103 cm³/mol. The molecule has 5 heteroatoms. The van der Waals surface area contributed by atoms with Crippen LogP contribution in [-0.2, 0) is 17.8 Å². The highest BCUT2D eigenvalue weighted by Gasteiger charge is 2.36. The standard InChI is InChI=1S/C21H23N3O2/c1-4-24-6-5-15-16(14-8-12(2)7-13(3)9-14)10-17-19(18(15)11-24)22-21(25)20(17)23-26/h7-10,20H,4-6,11H2,1-3H3,(H,22,25). The lowest BCUT2D eigenvalue weighted by atomic mass is 9.86. The largest absolute Gasteiger partial charge is 0.323 e. The minimum atomic E-state index is -0.947. The number of hydrogen-bond donors (Lipinski definition) is 1. The highest BCUT2D eigenvalue weighted by molar-refractivity contribution is 6.04. The Kier molecular flexibility index (Phi) is 4.11. The Morgan fingerprint density at radius 3 is 2.54 bits per heavy atom. The van der Waals surface area contributed by atoms with Crippen LogP contribution in [0.4, 0.5) is 5.69 Å². The van der Waals surface area contributed by atoms with Gasteiger partial charge in [-0.05, 0) is 55.1 Å². The molecule has 5 nitrogen and oxygen atoms in total. The molecule has 0 spiro atoms. The zero-order valence-electron chi connectivity index (χ0n) is 15.4. The Morgan fingerprint density at radius 2 is 1.88 bits per heavy atom. The van der Waals surface area contributed by atoms with E-state index in [1.807, 2.05) is 6.07 Å². The first-order valence-corrected chi connectivity index (χ1v) is 9.14. The SMILES string of the molecule is CCN1CCc2c(-c3cc(C)cc(C)c3)cc3c(c2C1)NC(=O)C3N=O. The summed E-state index contributed by atoms with van der Waals surface area (Å²) in [5.74, 6) is -0.316. The molecule has 0 fully saturated rings. The van der Waals surface area contributed by atoms with Crippen molar-refractivity contribution in [2.45, 2.75) is 39.8 Å². The molecule has 0 saturated heterocycles. The number of benzene rings is 2. The van der Waals surface area contributed by atoms with Crippen LogP contribution in [0.1, 0.15) is 40.8 Å². The molecule has 0 aromatic heterocycles. The first kappa shape index (κ1) is 16.9. The number of nitroso groups, excluding NO2 is 1. The molecule has 2 heterocycles. The van der Waals surface area contributed by atoms with E-state index in [0.29, 0.717) is 0 Å². The summed E-state index contributed by atoms with van der Waals surface area (Å²) in [4.78, 5) is 25.9. The summed E-state index contributed by atoms with van der Waals surface area (Å²) >= 11 is 0. The summed E-state index contributed by atoms with van der Waals surface area (Å²) in [6.45, 7) is 9.09. The molecular formula is C21H23N3O2. The highest BCUT2D eigenvalue weighted by atomic mass is 16.3. The van der Waals surface area contributed by atoms with Crippen LogP contribution in [0, 0.1) is 18.8 Å². The van der Waals surface area contributed by atoms with Gasteiger partial charge in [0, 0.05) is 18.7 Å². The Hall–Kier alpha value is -2.53. The van der Waals surface area contributed by atoms with Crippen molar-refractivity contribution in [3.05, 3.63) is 57.0 Å². The van der Waals surface area contributed by atoms with Crippen molar-refractivity contribution >= 4 is 11.6 Å². The van der Waals surface area contributed by atoms with Crippen LogP contribution in [0.2, 0.25) is 0 Å². The molecule has 0 bridgehead atoms. The Bertz CT molecular complexity index is 900. The maximum atomic E-state index is 12.2. The van der Waals surface area contributed by atoms with Crippen molar-refractivity contribution in [3.63, 3.8) is 0 Å². The van der Waals surface area contributed by atoms with Gasteiger partial charge in [-0.1, -0.05) is 41.4 Å². The number of carbonyl (C=O) groups is 1. The lowest BCUT2D eigenvalue weighted by Gasteiger charge is -2.31. The monoisotopic (exact) mass is 349 g/mol. The lowest BCUT2D eigenvalue weighted by Crippen LogP contribution is -2.31. The van der Waals surface area contributed by atoms with Gasteiger partial charge in [-0.15, -0.1) is 4.91 Å². The molecule has 26 heavy (non-hydrogen) atoms. The molecule has 2 aromatic rings. The first-order chi connectivity index (χ1) is 12.5. The second-order valence-electron chi connectivity index (χ2n) is 7.34. The Labute approximate surface area is 153 Å². The van der Waals surface area contributed by atoms with Crippen LogP contribution >= 0.6 is 0 Å². The third-order valence-electron chi connectivity index (χ3n) is 5.52. The normalized spacial score (nSPS) is 19.0. The summed E-state index contributed by atoms with van der Waals surface area (Å²) in [6.07, 6.45) is 0.938. The second kappa shape index (κ2) is 6.32. The average molecular weight is 349 g/mol. The van der Waals surface area contributed by atoms with Gasteiger partial charge in [0.1, 0.15) is 0 Å². The second-order valence-corrected chi connectivity index (χ2v) is 7.34. The number of aryl methyl sites for hydroxylation is 2. The zero-order valence-corrected chi connectivity index (χ0v) is 15.4. The van der Waals surface area contributed by atoms with Crippen molar-refractivity contribution < 1.29 is 4.79 Å². The molecule has 0 saturated carbocycles. The van der Waals surface area contributed by atoms with Crippen molar-refractivity contribution in [1.29, 1.82) is 0 Å². The van der Waals surface area contributed by atoms with Crippen molar-refractivity contribution in [3.8, 4) is 11.1 Å². The van der Waals surface area contributed by atoms with E-state index in [9.17, 15) is 9.70 Å². The molecule has 0 radical (unpaired) electrons. The molecule has 2 aliphatic heterocycles. The molecule has 1 N–H and O–H groups in total.